The average molecular weight is 547 g/mol. The van der Waals surface area contributed by atoms with Gasteiger partial charge >= 0.3 is 11.9 Å². The van der Waals surface area contributed by atoms with Crippen LogP contribution in [-0.4, -0.2) is 30.9 Å². The van der Waals surface area contributed by atoms with Crippen molar-refractivity contribution in [2.24, 2.45) is 4.99 Å². The molecule has 1 amide bonds. The van der Waals surface area contributed by atoms with Gasteiger partial charge in [0.05, 0.1) is 7.11 Å². The van der Waals surface area contributed by atoms with Crippen molar-refractivity contribution in [1.82, 2.24) is 0 Å². The van der Waals surface area contributed by atoms with Gasteiger partial charge in [0.15, 0.2) is 17.2 Å². The van der Waals surface area contributed by atoms with Gasteiger partial charge in [-0.25, -0.2) is 14.6 Å². The number of rotatable bonds is 8. The third-order valence-corrected chi connectivity index (χ3v) is 6.00. The number of thiophene rings is 1. The van der Waals surface area contributed by atoms with Gasteiger partial charge in [0.1, 0.15) is 4.88 Å². The van der Waals surface area contributed by atoms with Crippen LogP contribution in [0, 0.1) is 0 Å². The molecule has 1 aliphatic rings. The zero-order chi connectivity index (χ0) is 28.4. The number of hydrogen-bond acceptors (Lipinski definition) is 8. The Hall–Kier alpha value is -4.50. The van der Waals surface area contributed by atoms with E-state index in [0.29, 0.717) is 33.9 Å². The number of allylic oxidation sites excluding steroid dienone is 1. The van der Waals surface area contributed by atoms with E-state index in [1.807, 2.05) is 33.8 Å². The second-order valence-corrected chi connectivity index (χ2v) is 9.17. The molecule has 2 heterocycles. The smallest absolute Gasteiger partial charge is 0.363 e. The molecule has 0 bridgehead atoms. The number of cyclic esters (lactones) is 1. The number of carbonyl (C=O) groups excluding carboxylic acids is 3. The number of hydrogen-bond donors (Lipinski definition) is 1. The van der Waals surface area contributed by atoms with E-state index in [9.17, 15) is 14.4 Å². The maximum absolute atomic E-state index is 12.4. The largest absolute Gasteiger partial charge is 0.493 e. The Morgan fingerprint density at radius 3 is 2.44 bits per heavy atom. The third-order valence-electron chi connectivity index (χ3n) is 5.15. The lowest BCUT2D eigenvalue weighted by Crippen LogP contribution is -2.10. The van der Waals surface area contributed by atoms with E-state index in [-0.39, 0.29) is 23.3 Å². The maximum atomic E-state index is 12.4. The molecule has 0 saturated heterocycles. The fourth-order valence-corrected chi connectivity index (χ4v) is 3.90. The van der Waals surface area contributed by atoms with Gasteiger partial charge in [-0.05, 0) is 73.3 Å². The zero-order valence-electron chi connectivity index (χ0n) is 22.4. The first-order valence-electron chi connectivity index (χ1n) is 12.3. The molecule has 4 rings (SSSR count). The molecule has 3 aromatic rings. The van der Waals surface area contributed by atoms with E-state index in [1.165, 1.54) is 18.4 Å². The predicted octanol–water partition coefficient (Wildman–Crippen LogP) is 6.64. The van der Waals surface area contributed by atoms with Crippen LogP contribution < -0.4 is 14.8 Å². The fraction of sp³-hybridized carbons (Fsp3) is 0.200. The number of esters is 2. The Labute approximate surface area is 231 Å². The number of carbonyl (C=O) groups is 3. The van der Waals surface area contributed by atoms with Crippen molar-refractivity contribution >= 4 is 46.8 Å². The molecule has 0 saturated carbocycles. The molecule has 9 heteroatoms. The Bertz CT molecular complexity index is 1420. The molecule has 39 heavy (non-hydrogen) atoms. The summed E-state index contributed by atoms with van der Waals surface area (Å²) in [6.07, 6.45) is 3.71. The van der Waals surface area contributed by atoms with Crippen molar-refractivity contribution in [2.75, 3.05) is 12.4 Å². The lowest BCUT2D eigenvalue weighted by Gasteiger charge is -2.09. The van der Waals surface area contributed by atoms with E-state index >= 15 is 0 Å². The second kappa shape index (κ2) is 13.9. The number of anilines is 1. The zero-order valence-corrected chi connectivity index (χ0v) is 23.3. The summed E-state index contributed by atoms with van der Waals surface area (Å²) < 4.78 is 16.1. The lowest BCUT2D eigenvalue weighted by molar-refractivity contribution is -0.130. The highest BCUT2D eigenvalue weighted by Gasteiger charge is 2.24. The maximum Gasteiger partial charge on any atom is 0.363 e. The van der Waals surface area contributed by atoms with Gasteiger partial charge in [-0.1, -0.05) is 37.6 Å². The lowest BCUT2D eigenvalue weighted by atomic mass is 10.1. The summed E-state index contributed by atoms with van der Waals surface area (Å²) in [5, 5.41) is 4.60. The van der Waals surface area contributed by atoms with Gasteiger partial charge < -0.3 is 19.5 Å². The minimum atomic E-state index is -0.596. The Morgan fingerprint density at radius 2 is 1.79 bits per heavy atom. The molecule has 8 nitrogen and oxygen atoms in total. The SMILES string of the molecule is CC.COc1cc(/C=C2/N=C(c3ccc(NC(=O)CC=C(C)C)cc3)OC2=O)ccc1OC(=O)c1cccs1. The van der Waals surface area contributed by atoms with Crippen LogP contribution in [0.4, 0.5) is 5.69 Å². The van der Waals surface area contributed by atoms with Crippen LogP contribution in [0.5, 0.6) is 11.5 Å². The van der Waals surface area contributed by atoms with Gasteiger partial charge in [-0.15, -0.1) is 11.3 Å². The number of aliphatic imine (C=N–C) groups is 1. The predicted molar refractivity (Wildman–Crippen MR) is 153 cm³/mol. The van der Waals surface area contributed by atoms with Gasteiger partial charge in [-0.2, -0.15) is 0 Å². The van der Waals surface area contributed by atoms with Crippen molar-refractivity contribution in [1.29, 1.82) is 0 Å². The summed E-state index contributed by atoms with van der Waals surface area (Å²) in [6, 6.07) is 15.2. The number of nitrogens with zero attached hydrogens (tertiary/aromatic N) is 1. The summed E-state index contributed by atoms with van der Waals surface area (Å²) in [7, 11) is 1.46. The molecule has 1 aliphatic heterocycles. The molecule has 0 aliphatic carbocycles. The summed E-state index contributed by atoms with van der Waals surface area (Å²) >= 11 is 1.28. The van der Waals surface area contributed by atoms with E-state index in [2.05, 4.69) is 10.3 Å². The Balaban J connectivity index is 0.00000205. The minimum absolute atomic E-state index is 0.111. The topological polar surface area (TPSA) is 103 Å². The second-order valence-electron chi connectivity index (χ2n) is 8.22. The monoisotopic (exact) mass is 546 g/mol. The van der Waals surface area contributed by atoms with Crippen LogP contribution in [0.2, 0.25) is 0 Å². The van der Waals surface area contributed by atoms with Crippen LogP contribution >= 0.6 is 11.3 Å². The molecule has 2 aromatic carbocycles. The van der Waals surface area contributed by atoms with Crippen LogP contribution in [0.1, 0.15) is 54.9 Å². The van der Waals surface area contributed by atoms with E-state index in [0.717, 1.165) is 5.57 Å². The molecule has 0 unspecified atom stereocenters. The highest BCUT2D eigenvalue weighted by Crippen LogP contribution is 2.31. The quantitative estimate of drug-likeness (QED) is 0.147. The number of ether oxygens (including phenoxy) is 3. The van der Waals surface area contributed by atoms with Crippen LogP contribution in [0.3, 0.4) is 0 Å². The number of amides is 1. The Kier molecular flexibility index (Phi) is 10.3. The van der Waals surface area contributed by atoms with Crippen molar-refractivity contribution < 1.29 is 28.6 Å². The summed E-state index contributed by atoms with van der Waals surface area (Å²) in [6.45, 7) is 7.87. The minimum Gasteiger partial charge on any atom is -0.493 e. The van der Waals surface area contributed by atoms with Crippen molar-refractivity contribution in [3.05, 3.63) is 93.3 Å². The van der Waals surface area contributed by atoms with Gasteiger partial charge in [0.25, 0.3) is 0 Å². The molecular formula is C30H30N2O6S. The fourth-order valence-electron chi connectivity index (χ4n) is 3.30. The third kappa shape index (κ3) is 7.99. The first-order valence-corrected chi connectivity index (χ1v) is 13.2. The van der Waals surface area contributed by atoms with Gasteiger partial charge in [-0.3, -0.25) is 4.79 Å². The molecule has 202 valence electrons. The molecular weight excluding hydrogens is 516 g/mol. The van der Waals surface area contributed by atoms with Crippen LogP contribution in [0.15, 0.2) is 82.3 Å². The van der Waals surface area contributed by atoms with Crippen molar-refractivity contribution in [2.45, 2.75) is 34.1 Å². The molecule has 0 fully saturated rings. The summed E-state index contributed by atoms with van der Waals surface area (Å²) in [5.41, 5.74) is 3.01. The van der Waals surface area contributed by atoms with Gasteiger partial charge in [0, 0.05) is 17.7 Å². The standard InChI is InChI=1S/C28H24N2O6S.C2H6/c1-17(2)6-13-25(31)29-20-10-8-19(9-11-20)26-30-21(27(32)36-26)15-18-7-12-22(23(16-18)34-3)35-28(33)24-5-4-14-37-24;1-2/h4-12,14-16H,13H2,1-3H3,(H,29,31);1-2H3/b21-15+;. The average Bonchev–Trinajstić information content (AvgIpc) is 3.60. The van der Waals surface area contributed by atoms with Crippen LogP contribution in [-0.2, 0) is 14.3 Å². The highest BCUT2D eigenvalue weighted by atomic mass is 32.1. The van der Waals surface area contributed by atoms with Crippen LogP contribution in [0.25, 0.3) is 6.08 Å². The van der Waals surface area contributed by atoms with E-state index in [4.69, 9.17) is 14.2 Å². The summed E-state index contributed by atoms with van der Waals surface area (Å²) in [4.78, 5) is 41.5. The number of nitrogens with one attached hydrogen (secondary N) is 1. The van der Waals surface area contributed by atoms with Crippen molar-refractivity contribution in [3.63, 3.8) is 0 Å². The molecule has 1 N–H and O–H groups in total. The molecule has 1 aromatic heterocycles. The van der Waals surface area contributed by atoms with Gasteiger partial charge in [0.2, 0.25) is 11.8 Å². The van der Waals surface area contributed by atoms with E-state index in [1.54, 1.807) is 66.1 Å². The molecule has 0 radical (unpaired) electrons. The summed E-state index contributed by atoms with van der Waals surface area (Å²) in [5.74, 6) is -0.447. The molecule has 0 atom stereocenters. The first kappa shape index (κ1) is 29.1. The van der Waals surface area contributed by atoms with E-state index < -0.39 is 11.9 Å². The Morgan fingerprint density at radius 1 is 1.05 bits per heavy atom. The van der Waals surface area contributed by atoms with Crippen molar-refractivity contribution in [3.8, 4) is 11.5 Å². The number of benzene rings is 2. The normalized spacial score (nSPS) is 13.0. The molecule has 0 spiro atoms. The number of methoxy groups -OCH3 is 1. The highest BCUT2D eigenvalue weighted by molar-refractivity contribution is 7.12. The first-order chi connectivity index (χ1) is 18.8.